The highest BCUT2D eigenvalue weighted by Gasteiger charge is 2.18. The molecule has 0 aliphatic rings. The van der Waals surface area contributed by atoms with E-state index in [4.69, 9.17) is 0 Å². The Hall–Kier alpha value is -3.26. The van der Waals surface area contributed by atoms with Crippen molar-refractivity contribution in [3.05, 3.63) is 84.2 Å². The maximum Gasteiger partial charge on any atom is 0.196 e. The third kappa shape index (κ3) is 3.72. The van der Waals surface area contributed by atoms with Crippen molar-refractivity contribution < 1.29 is 13.6 Å². The molecule has 0 unspecified atom stereocenters. The molecule has 1 N–H and O–H groups in total. The van der Waals surface area contributed by atoms with Crippen molar-refractivity contribution >= 4 is 17.5 Å². The summed E-state index contributed by atoms with van der Waals surface area (Å²) in [4.78, 5) is 15.2. The van der Waals surface area contributed by atoms with Gasteiger partial charge in [0.1, 0.15) is 11.6 Å². The molecule has 0 aliphatic carbocycles. The highest BCUT2D eigenvalue weighted by atomic mass is 32.2. The lowest BCUT2D eigenvalue weighted by atomic mass is 10.2. The molecule has 0 atom stereocenters. The first kappa shape index (κ1) is 18.1. The van der Waals surface area contributed by atoms with E-state index in [0.29, 0.717) is 27.9 Å². The van der Waals surface area contributed by atoms with Gasteiger partial charge in [-0.3, -0.25) is 9.36 Å². The second kappa shape index (κ2) is 7.77. The van der Waals surface area contributed by atoms with Crippen LogP contribution < -0.4 is 0 Å². The zero-order valence-corrected chi connectivity index (χ0v) is 15.3. The topological polar surface area (TPSA) is 63.6 Å². The van der Waals surface area contributed by atoms with Crippen LogP contribution in [0.3, 0.4) is 0 Å². The standard InChI is InChI=1S/C20H14F2N4OS/c21-14-5-3-13(4-6-14)19-24-25-20(26(19)16-9-7-15(22)8-10-16)28-12-18(27)17-2-1-11-23-17/h1-11,23H,12H2. The molecule has 140 valence electrons. The number of thioether (sulfide) groups is 1. The van der Waals surface area contributed by atoms with E-state index < -0.39 is 0 Å². The molecule has 0 radical (unpaired) electrons. The lowest BCUT2D eigenvalue weighted by Gasteiger charge is -2.10. The highest BCUT2D eigenvalue weighted by molar-refractivity contribution is 7.99. The molecule has 4 rings (SSSR count). The number of nitrogens with zero attached hydrogens (tertiary/aromatic N) is 3. The molecule has 0 saturated carbocycles. The van der Waals surface area contributed by atoms with Crippen molar-refractivity contribution in [1.29, 1.82) is 0 Å². The first-order valence-electron chi connectivity index (χ1n) is 8.38. The van der Waals surface area contributed by atoms with Gasteiger partial charge in [0.2, 0.25) is 0 Å². The molecule has 2 aromatic heterocycles. The number of ketones is 1. The Morgan fingerprint density at radius 3 is 2.29 bits per heavy atom. The molecule has 28 heavy (non-hydrogen) atoms. The van der Waals surface area contributed by atoms with Crippen LogP contribution in [0.2, 0.25) is 0 Å². The van der Waals surface area contributed by atoms with Gasteiger partial charge in [-0.15, -0.1) is 10.2 Å². The summed E-state index contributed by atoms with van der Waals surface area (Å²) in [5.74, 6) is -0.170. The zero-order chi connectivity index (χ0) is 19.5. The summed E-state index contributed by atoms with van der Waals surface area (Å²) in [6.45, 7) is 0. The normalized spacial score (nSPS) is 10.9. The molecule has 0 aliphatic heterocycles. The lowest BCUT2D eigenvalue weighted by molar-refractivity contribution is 0.101. The highest BCUT2D eigenvalue weighted by Crippen LogP contribution is 2.28. The van der Waals surface area contributed by atoms with Crippen molar-refractivity contribution in [2.45, 2.75) is 5.16 Å². The van der Waals surface area contributed by atoms with Crippen LogP contribution in [0.25, 0.3) is 17.1 Å². The minimum atomic E-state index is -0.365. The molecule has 0 spiro atoms. The number of aromatic amines is 1. The number of carbonyl (C=O) groups excluding carboxylic acids is 1. The van der Waals surface area contributed by atoms with E-state index in [2.05, 4.69) is 15.2 Å². The van der Waals surface area contributed by atoms with Gasteiger partial charge in [-0.25, -0.2) is 8.78 Å². The zero-order valence-electron chi connectivity index (χ0n) is 14.5. The van der Waals surface area contributed by atoms with Crippen molar-refractivity contribution in [3.63, 3.8) is 0 Å². The fourth-order valence-electron chi connectivity index (χ4n) is 2.68. The van der Waals surface area contributed by atoms with Gasteiger partial charge >= 0.3 is 0 Å². The number of hydrogen-bond acceptors (Lipinski definition) is 4. The third-order valence-corrected chi connectivity index (χ3v) is 4.98. The minimum Gasteiger partial charge on any atom is -0.359 e. The molecule has 5 nitrogen and oxygen atoms in total. The van der Waals surface area contributed by atoms with E-state index in [1.807, 2.05) is 0 Å². The smallest absolute Gasteiger partial charge is 0.196 e. The van der Waals surface area contributed by atoms with E-state index in [0.717, 1.165) is 0 Å². The van der Waals surface area contributed by atoms with Gasteiger partial charge in [0.05, 0.1) is 11.4 Å². The molecule has 2 heterocycles. The number of benzene rings is 2. The van der Waals surface area contributed by atoms with Crippen LogP contribution in [0.5, 0.6) is 0 Å². The summed E-state index contributed by atoms with van der Waals surface area (Å²) in [7, 11) is 0. The van der Waals surface area contributed by atoms with Crippen molar-refractivity contribution in [3.8, 4) is 17.1 Å². The number of halogens is 2. The first-order valence-corrected chi connectivity index (χ1v) is 9.37. The van der Waals surface area contributed by atoms with Crippen LogP contribution in [-0.2, 0) is 0 Å². The average Bonchev–Trinajstić information content (AvgIpc) is 3.38. The maximum atomic E-state index is 13.4. The maximum absolute atomic E-state index is 13.4. The van der Waals surface area contributed by atoms with E-state index in [1.54, 1.807) is 47.2 Å². The number of H-pyrrole nitrogens is 1. The number of Topliss-reactive ketones (excluding diaryl/α,β-unsaturated/α-hetero) is 1. The summed E-state index contributed by atoms with van der Waals surface area (Å²) in [6, 6.07) is 15.2. The Bertz CT molecular complexity index is 1090. The molecular formula is C20H14F2N4OS. The second-order valence-electron chi connectivity index (χ2n) is 5.92. The van der Waals surface area contributed by atoms with Crippen LogP contribution in [0.15, 0.2) is 72.0 Å². The fourth-order valence-corrected chi connectivity index (χ4v) is 3.52. The number of carbonyl (C=O) groups is 1. The number of hydrogen-bond donors (Lipinski definition) is 1. The van der Waals surface area contributed by atoms with Crippen molar-refractivity contribution in [2.75, 3.05) is 5.75 Å². The summed E-state index contributed by atoms with van der Waals surface area (Å²) in [6.07, 6.45) is 1.69. The molecule has 0 saturated heterocycles. The van der Waals surface area contributed by atoms with E-state index in [-0.39, 0.29) is 23.2 Å². The Morgan fingerprint density at radius 1 is 0.964 bits per heavy atom. The Kier molecular flexibility index (Phi) is 5.03. The Morgan fingerprint density at radius 2 is 1.64 bits per heavy atom. The van der Waals surface area contributed by atoms with Crippen LogP contribution in [0, 0.1) is 11.6 Å². The van der Waals surface area contributed by atoms with Gasteiger partial charge in [-0.1, -0.05) is 11.8 Å². The van der Waals surface area contributed by atoms with E-state index in [9.17, 15) is 13.6 Å². The Labute approximate surface area is 163 Å². The number of aromatic nitrogens is 4. The summed E-state index contributed by atoms with van der Waals surface area (Å²) in [5, 5.41) is 8.88. The molecule has 0 amide bonds. The molecule has 2 aromatic carbocycles. The number of nitrogens with one attached hydrogen (secondary N) is 1. The largest absolute Gasteiger partial charge is 0.359 e. The van der Waals surface area contributed by atoms with Crippen LogP contribution in [0.1, 0.15) is 10.5 Å². The monoisotopic (exact) mass is 396 g/mol. The molecular weight excluding hydrogens is 382 g/mol. The predicted molar refractivity (Wildman–Crippen MR) is 103 cm³/mol. The predicted octanol–water partition coefficient (Wildman–Crippen LogP) is 4.52. The van der Waals surface area contributed by atoms with Gasteiger partial charge < -0.3 is 4.98 Å². The van der Waals surface area contributed by atoms with E-state index in [1.165, 1.54) is 36.0 Å². The van der Waals surface area contributed by atoms with Gasteiger partial charge in [0.15, 0.2) is 16.8 Å². The lowest BCUT2D eigenvalue weighted by Crippen LogP contribution is -2.05. The molecule has 4 aromatic rings. The molecule has 0 bridgehead atoms. The van der Waals surface area contributed by atoms with Crippen LogP contribution >= 0.6 is 11.8 Å². The second-order valence-corrected chi connectivity index (χ2v) is 6.86. The summed E-state index contributed by atoms with van der Waals surface area (Å²) in [5.41, 5.74) is 1.81. The quantitative estimate of drug-likeness (QED) is 0.385. The average molecular weight is 396 g/mol. The van der Waals surface area contributed by atoms with Gasteiger partial charge in [-0.05, 0) is 60.7 Å². The SMILES string of the molecule is O=C(CSc1nnc(-c2ccc(F)cc2)n1-c1ccc(F)cc1)c1ccc[nH]1. The summed E-state index contributed by atoms with van der Waals surface area (Å²) >= 11 is 1.22. The van der Waals surface area contributed by atoms with Crippen molar-refractivity contribution in [2.24, 2.45) is 0 Å². The summed E-state index contributed by atoms with van der Waals surface area (Å²) < 4.78 is 28.4. The van der Waals surface area contributed by atoms with E-state index >= 15 is 0 Å². The minimum absolute atomic E-state index is 0.0769. The molecule has 8 heteroatoms. The van der Waals surface area contributed by atoms with Gasteiger partial charge in [0, 0.05) is 17.4 Å². The van der Waals surface area contributed by atoms with Crippen LogP contribution in [-0.4, -0.2) is 31.3 Å². The van der Waals surface area contributed by atoms with Crippen LogP contribution in [0.4, 0.5) is 8.78 Å². The third-order valence-electron chi connectivity index (χ3n) is 4.05. The molecule has 0 fully saturated rings. The van der Waals surface area contributed by atoms with Crippen molar-refractivity contribution in [1.82, 2.24) is 19.7 Å². The first-order chi connectivity index (χ1) is 13.6. The fraction of sp³-hybridized carbons (Fsp3) is 0.0500. The number of rotatable bonds is 6. The van der Waals surface area contributed by atoms with Gasteiger partial charge in [0.25, 0.3) is 0 Å². The van der Waals surface area contributed by atoms with Gasteiger partial charge in [-0.2, -0.15) is 0 Å². The Balaban J connectivity index is 1.70.